The van der Waals surface area contributed by atoms with Gasteiger partial charge in [-0.3, -0.25) is 4.79 Å². The molecule has 0 unspecified atom stereocenters. The van der Waals surface area contributed by atoms with E-state index < -0.39 is 0 Å². The van der Waals surface area contributed by atoms with Crippen LogP contribution < -0.4 is 10.6 Å². The van der Waals surface area contributed by atoms with Gasteiger partial charge in [-0.05, 0) is 31.7 Å². The van der Waals surface area contributed by atoms with E-state index in [1.165, 1.54) is 19.3 Å². The molecule has 22 heavy (non-hydrogen) atoms. The van der Waals surface area contributed by atoms with Gasteiger partial charge in [-0.2, -0.15) is 0 Å². The van der Waals surface area contributed by atoms with E-state index in [0.717, 1.165) is 49.4 Å². The maximum Gasteiger partial charge on any atom is 0.228 e. The van der Waals surface area contributed by atoms with Crippen LogP contribution in [0.2, 0.25) is 0 Å². The van der Waals surface area contributed by atoms with Gasteiger partial charge in [0, 0.05) is 25.1 Å². The van der Waals surface area contributed by atoms with Gasteiger partial charge in [0.2, 0.25) is 5.91 Å². The number of rotatable bonds is 5. The van der Waals surface area contributed by atoms with Crippen LogP contribution in [0.25, 0.3) is 0 Å². The van der Waals surface area contributed by atoms with Gasteiger partial charge in [0.1, 0.15) is 5.76 Å². The number of carbonyl (C=O) groups is 1. The van der Waals surface area contributed by atoms with Crippen molar-refractivity contribution in [2.75, 3.05) is 13.1 Å². The van der Waals surface area contributed by atoms with E-state index in [0.29, 0.717) is 12.5 Å². The molecule has 0 radical (unpaired) electrons. The van der Waals surface area contributed by atoms with Crippen molar-refractivity contribution in [1.29, 1.82) is 0 Å². The molecule has 0 aromatic carbocycles. The van der Waals surface area contributed by atoms with Crippen molar-refractivity contribution in [2.45, 2.75) is 58.9 Å². The number of nitrogens with one attached hydrogen (secondary N) is 2. The first-order valence-corrected chi connectivity index (χ1v) is 8.66. The summed E-state index contributed by atoms with van der Waals surface area (Å²) in [6, 6.07) is 0. The average Bonchev–Trinajstić information content (AvgIpc) is 3.16. The maximum absolute atomic E-state index is 12.9. The van der Waals surface area contributed by atoms with Crippen molar-refractivity contribution in [1.82, 2.24) is 15.8 Å². The lowest BCUT2D eigenvalue weighted by molar-refractivity contribution is -0.134. The Morgan fingerprint density at radius 3 is 3.05 bits per heavy atom. The summed E-state index contributed by atoms with van der Waals surface area (Å²) >= 11 is 0. The summed E-state index contributed by atoms with van der Waals surface area (Å²) in [5, 5.41) is 10.7. The van der Waals surface area contributed by atoms with Gasteiger partial charge in [-0.15, -0.1) is 0 Å². The number of fused-ring (bicyclic) bond motifs is 1. The number of aryl methyl sites for hydroxylation is 2. The Hall–Kier alpha value is -1.36. The van der Waals surface area contributed by atoms with E-state index in [4.69, 9.17) is 4.52 Å². The van der Waals surface area contributed by atoms with Crippen molar-refractivity contribution in [3.8, 4) is 0 Å². The molecule has 2 heterocycles. The predicted molar refractivity (Wildman–Crippen MR) is 84.4 cm³/mol. The summed E-state index contributed by atoms with van der Waals surface area (Å²) in [4.78, 5) is 12.9. The van der Waals surface area contributed by atoms with E-state index in [1.54, 1.807) is 0 Å². The standard InChI is InChI=1S/C17H27N3O2/c1-3-14-13(15(4-2)22-20-14)10-19-16(21)17-8-6-5-7-12(17)9-18-11-17/h12,18H,3-11H2,1-2H3,(H,19,21)/t12-,17+/m0/s1. The summed E-state index contributed by atoms with van der Waals surface area (Å²) in [6.45, 7) is 6.49. The van der Waals surface area contributed by atoms with Gasteiger partial charge in [-0.25, -0.2) is 0 Å². The lowest BCUT2D eigenvalue weighted by atomic mass is 9.67. The molecule has 1 saturated carbocycles. The van der Waals surface area contributed by atoms with Crippen LogP contribution >= 0.6 is 0 Å². The molecule has 0 bridgehead atoms. The highest BCUT2D eigenvalue weighted by atomic mass is 16.5. The molecule has 1 saturated heterocycles. The van der Waals surface area contributed by atoms with Gasteiger partial charge < -0.3 is 15.2 Å². The molecule has 5 nitrogen and oxygen atoms in total. The molecule has 1 aromatic rings. The first-order valence-electron chi connectivity index (χ1n) is 8.66. The highest BCUT2D eigenvalue weighted by molar-refractivity contribution is 5.83. The number of hydrogen-bond donors (Lipinski definition) is 2. The lowest BCUT2D eigenvalue weighted by Crippen LogP contribution is -2.47. The van der Waals surface area contributed by atoms with Crippen molar-refractivity contribution >= 4 is 5.91 Å². The normalized spacial score (nSPS) is 27.6. The quantitative estimate of drug-likeness (QED) is 0.875. The summed E-state index contributed by atoms with van der Waals surface area (Å²) < 4.78 is 5.38. The third-order valence-corrected chi connectivity index (χ3v) is 5.52. The molecular weight excluding hydrogens is 278 g/mol. The monoisotopic (exact) mass is 305 g/mol. The molecule has 1 aliphatic heterocycles. The van der Waals surface area contributed by atoms with Crippen molar-refractivity contribution in [2.24, 2.45) is 11.3 Å². The van der Waals surface area contributed by atoms with Gasteiger partial charge >= 0.3 is 0 Å². The molecule has 0 spiro atoms. The van der Waals surface area contributed by atoms with Gasteiger partial charge in [0.15, 0.2) is 0 Å². The molecule has 2 N–H and O–H groups in total. The second-order valence-electron chi connectivity index (χ2n) is 6.65. The molecule has 2 atom stereocenters. The Bertz CT molecular complexity index is 519. The van der Waals surface area contributed by atoms with E-state index in [9.17, 15) is 4.79 Å². The van der Waals surface area contributed by atoms with Crippen LogP contribution in [0.3, 0.4) is 0 Å². The van der Waals surface area contributed by atoms with Crippen LogP contribution in [-0.2, 0) is 24.2 Å². The Kier molecular flexibility index (Phi) is 4.52. The molecule has 1 aliphatic carbocycles. The zero-order valence-corrected chi connectivity index (χ0v) is 13.7. The second kappa shape index (κ2) is 6.41. The Morgan fingerprint density at radius 1 is 1.41 bits per heavy atom. The zero-order chi connectivity index (χ0) is 15.6. The van der Waals surface area contributed by atoms with E-state index in [2.05, 4.69) is 29.6 Å². The fourth-order valence-corrected chi connectivity index (χ4v) is 4.17. The first kappa shape index (κ1) is 15.5. The lowest BCUT2D eigenvalue weighted by Gasteiger charge is -2.37. The van der Waals surface area contributed by atoms with Crippen LogP contribution in [0.1, 0.15) is 56.5 Å². The predicted octanol–water partition coefficient (Wildman–Crippen LogP) is 2.20. The number of carbonyl (C=O) groups excluding carboxylic acids is 1. The summed E-state index contributed by atoms with van der Waals surface area (Å²) in [5.74, 6) is 1.62. The molecule has 2 aliphatic rings. The average molecular weight is 305 g/mol. The number of amides is 1. The number of nitrogens with zero attached hydrogens (tertiary/aromatic N) is 1. The number of hydrogen-bond acceptors (Lipinski definition) is 4. The molecule has 5 heteroatoms. The third kappa shape index (κ3) is 2.56. The van der Waals surface area contributed by atoms with E-state index >= 15 is 0 Å². The Morgan fingerprint density at radius 2 is 2.27 bits per heavy atom. The minimum Gasteiger partial charge on any atom is -0.361 e. The first-order chi connectivity index (χ1) is 10.7. The Balaban J connectivity index is 1.71. The van der Waals surface area contributed by atoms with E-state index in [1.807, 2.05) is 0 Å². The largest absolute Gasteiger partial charge is 0.361 e. The second-order valence-corrected chi connectivity index (χ2v) is 6.65. The van der Waals surface area contributed by atoms with Crippen LogP contribution in [0.4, 0.5) is 0 Å². The van der Waals surface area contributed by atoms with Crippen molar-refractivity contribution in [3.05, 3.63) is 17.0 Å². The van der Waals surface area contributed by atoms with Gasteiger partial charge in [0.25, 0.3) is 0 Å². The van der Waals surface area contributed by atoms with E-state index in [-0.39, 0.29) is 11.3 Å². The molecule has 3 rings (SSSR count). The summed E-state index contributed by atoms with van der Waals surface area (Å²) in [6.07, 6.45) is 6.26. The molecule has 122 valence electrons. The van der Waals surface area contributed by atoms with Crippen LogP contribution in [-0.4, -0.2) is 24.2 Å². The molecule has 1 aromatic heterocycles. The zero-order valence-electron chi connectivity index (χ0n) is 13.7. The Labute approximate surface area is 132 Å². The minimum atomic E-state index is -0.186. The highest BCUT2D eigenvalue weighted by Crippen LogP contribution is 2.43. The fourth-order valence-electron chi connectivity index (χ4n) is 4.17. The third-order valence-electron chi connectivity index (χ3n) is 5.52. The van der Waals surface area contributed by atoms with Crippen molar-refractivity contribution in [3.63, 3.8) is 0 Å². The van der Waals surface area contributed by atoms with Crippen LogP contribution in [0.5, 0.6) is 0 Å². The molecular formula is C17H27N3O2. The van der Waals surface area contributed by atoms with Gasteiger partial charge in [0.05, 0.1) is 11.1 Å². The molecule has 1 amide bonds. The summed E-state index contributed by atoms with van der Waals surface area (Å²) in [7, 11) is 0. The minimum absolute atomic E-state index is 0.186. The number of aromatic nitrogens is 1. The van der Waals surface area contributed by atoms with Crippen LogP contribution in [0.15, 0.2) is 4.52 Å². The highest BCUT2D eigenvalue weighted by Gasteiger charge is 2.49. The fraction of sp³-hybridized carbons (Fsp3) is 0.765. The molecule has 2 fully saturated rings. The SMILES string of the molecule is CCc1noc(CC)c1CNC(=O)[C@@]12CCCC[C@H]1CNC2. The van der Waals surface area contributed by atoms with Crippen LogP contribution in [0, 0.1) is 11.3 Å². The van der Waals surface area contributed by atoms with Crippen molar-refractivity contribution < 1.29 is 9.32 Å². The maximum atomic E-state index is 12.9. The smallest absolute Gasteiger partial charge is 0.228 e. The van der Waals surface area contributed by atoms with Gasteiger partial charge in [-0.1, -0.05) is 31.8 Å². The summed E-state index contributed by atoms with van der Waals surface area (Å²) in [5.41, 5.74) is 1.86. The topological polar surface area (TPSA) is 67.2 Å².